The number of aromatic nitrogens is 3. The molecule has 1 aliphatic rings. The first kappa shape index (κ1) is 11.4. The molecule has 0 radical (unpaired) electrons. The molecule has 1 aromatic carbocycles. The first-order valence-electron chi connectivity index (χ1n) is 6.53. The minimum absolute atomic E-state index is 0.338. The predicted octanol–water partition coefficient (Wildman–Crippen LogP) is 2.31. The highest BCUT2D eigenvalue weighted by atomic mass is 15.3. The molecule has 1 aliphatic heterocycles. The molecule has 4 heteroatoms. The smallest absolute Gasteiger partial charge is 0.164 e. The minimum atomic E-state index is 0.338. The average Bonchev–Trinajstić information content (AvgIpc) is 2.82. The summed E-state index contributed by atoms with van der Waals surface area (Å²) in [5, 5.41) is 12.2. The van der Waals surface area contributed by atoms with Gasteiger partial charge in [0.2, 0.25) is 0 Å². The molecule has 3 rings (SSSR count). The Labute approximate surface area is 107 Å². The number of benzene rings is 1. The quantitative estimate of drug-likeness (QED) is 0.878. The third kappa shape index (κ3) is 1.82. The molecule has 1 aromatic heterocycles. The summed E-state index contributed by atoms with van der Waals surface area (Å²) < 4.78 is 2.25. The van der Waals surface area contributed by atoms with Gasteiger partial charge in [-0.05, 0) is 19.4 Å². The minimum Gasteiger partial charge on any atom is -0.308 e. The Hall–Kier alpha value is -1.68. The van der Waals surface area contributed by atoms with Gasteiger partial charge in [-0.1, -0.05) is 30.7 Å². The molecule has 0 bridgehead atoms. The first-order chi connectivity index (χ1) is 8.79. The van der Waals surface area contributed by atoms with Crippen LogP contribution < -0.4 is 5.32 Å². The van der Waals surface area contributed by atoms with E-state index in [1.165, 1.54) is 5.56 Å². The van der Waals surface area contributed by atoms with Crippen molar-refractivity contribution in [2.24, 2.45) is 0 Å². The molecule has 0 saturated carbocycles. The number of fused-ring (bicyclic) bond motifs is 1. The fourth-order valence-corrected chi connectivity index (χ4v) is 2.56. The normalized spacial score (nSPS) is 18.7. The van der Waals surface area contributed by atoms with Crippen LogP contribution in [0.3, 0.4) is 0 Å². The van der Waals surface area contributed by atoms with Crippen molar-refractivity contribution >= 4 is 0 Å². The summed E-state index contributed by atoms with van der Waals surface area (Å²) in [6.07, 6.45) is 1.05. The Morgan fingerprint density at radius 1 is 1.39 bits per heavy atom. The third-order valence-corrected chi connectivity index (χ3v) is 3.50. The molecule has 2 aromatic rings. The van der Waals surface area contributed by atoms with Gasteiger partial charge in [-0.25, -0.2) is 0 Å². The zero-order valence-corrected chi connectivity index (χ0v) is 10.8. The summed E-state index contributed by atoms with van der Waals surface area (Å²) in [5.41, 5.74) is 2.41. The maximum Gasteiger partial charge on any atom is 0.164 e. The molecule has 0 saturated heterocycles. The van der Waals surface area contributed by atoms with E-state index in [0.717, 1.165) is 36.7 Å². The Morgan fingerprint density at radius 2 is 2.28 bits per heavy atom. The molecule has 0 fully saturated rings. The molecule has 1 unspecified atom stereocenters. The van der Waals surface area contributed by atoms with Gasteiger partial charge in [0.25, 0.3) is 0 Å². The van der Waals surface area contributed by atoms with Crippen molar-refractivity contribution in [1.82, 2.24) is 20.1 Å². The molecule has 4 nitrogen and oxygen atoms in total. The lowest BCUT2D eigenvalue weighted by Gasteiger charge is -2.24. The zero-order valence-electron chi connectivity index (χ0n) is 10.8. The lowest BCUT2D eigenvalue weighted by molar-refractivity contribution is 0.407. The largest absolute Gasteiger partial charge is 0.308 e. The van der Waals surface area contributed by atoms with Gasteiger partial charge < -0.3 is 9.88 Å². The summed E-state index contributed by atoms with van der Waals surface area (Å²) in [6, 6.07) is 8.79. The maximum atomic E-state index is 4.38. The van der Waals surface area contributed by atoms with Gasteiger partial charge in [-0.15, -0.1) is 10.2 Å². The SMILES string of the molecule is CCC1NCCn2c(-c3cccc(C)c3)nnc21. The van der Waals surface area contributed by atoms with E-state index in [2.05, 4.69) is 58.2 Å². The van der Waals surface area contributed by atoms with Crippen LogP contribution in [0.4, 0.5) is 0 Å². The highest BCUT2D eigenvalue weighted by Crippen LogP contribution is 2.25. The van der Waals surface area contributed by atoms with Crippen molar-refractivity contribution in [2.75, 3.05) is 6.54 Å². The number of aryl methyl sites for hydroxylation is 1. The summed E-state index contributed by atoms with van der Waals surface area (Å²) in [7, 11) is 0. The van der Waals surface area contributed by atoms with Crippen molar-refractivity contribution in [3.63, 3.8) is 0 Å². The third-order valence-electron chi connectivity index (χ3n) is 3.50. The number of nitrogens with one attached hydrogen (secondary N) is 1. The molecular weight excluding hydrogens is 224 g/mol. The van der Waals surface area contributed by atoms with Gasteiger partial charge in [0, 0.05) is 18.7 Å². The lowest BCUT2D eigenvalue weighted by atomic mass is 10.1. The second-order valence-corrected chi connectivity index (χ2v) is 4.82. The van der Waals surface area contributed by atoms with Gasteiger partial charge in [-0.3, -0.25) is 0 Å². The van der Waals surface area contributed by atoms with E-state index in [4.69, 9.17) is 0 Å². The van der Waals surface area contributed by atoms with Gasteiger partial charge >= 0.3 is 0 Å². The summed E-state index contributed by atoms with van der Waals surface area (Å²) >= 11 is 0. The van der Waals surface area contributed by atoms with Crippen LogP contribution in [0, 0.1) is 6.92 Å². The van der Waals surface area contributed by atoms with Crippen molar-refractivity contribution in [1.29, 1.82) is 0 Å². The molecule has 18 heavy (non-hydrogen) atoms. The molecule has 1 atom stereocenters. The first-order valence-corrected chi connectivity index (χ1v) is 6.53. The second-order valence-electron chi connectivity index (χ2n) is 4.82. The Morgan fingerprint density at radius 3 is 3.06 bits per heavy atom. The standard InChI is InChI=1S/C14H18N4/c1-3-12-14-17-16-13(18(14)8-7-15-12)11-6-4-5-10(2)9-11/h4-6,9,12,15H,3,7-8H2,1-2H3. The zero-order chi connectivity index (χ0) is 12.5. The Balaban J connectivity index is 2.07. The number of hydrogen-bond acceptors (Lipinski definition) is 3. The topological polar surface area (TPSA) is 42.7 Å². The van der Waals surface area contributed by atoms with Crippen LogP contribution in [0.25, 0.3) is 11.4 Å². The van der Waals surface area contributed by atoms with E-state index >= 15 is 0 Å². The van der Waals surface area contributed by atoms with Gasteiger partial charge in [0.1, 0.15) is 0 Å². The predicted molar refractivity (Wildman–Crippen MR) is 71.2 cm³/mol. The van der Waals surface area contributed by atoms with Gasteiger partial charge in [0.05, 0.1) is 6.04 Å². The van der Waals surface area contributed by atoms with E-state index in [0.29, 0.717) is 6.04 Å². The molecule has 0 amide bonds. The Bertz CT molecular complexity index is 559. The van der Waals surface area contributed by atoms with Crippen molar-refractivity contribution in [2.45, 2.75) is 32.9 Å². The molecule has 94 valence electrons. The van der Waals surface area contributed by atoms with Crippen molar-refractivity contribution < 1.29 is 0 Å². The fourth-order valence-electron chi connectivity index (χ4n) is 2.56. The van der Waals surface area contributed by atoms with Crippen LogP contribution in [0.15, 0.2) is 24.3 Å². The van der Waals surface area contributed by atoms with E-state index in [1.807, 2.05) is 0 Å². The maximum absolute atomic E-state index is 4.38. The van der Waals surface area contributed by atoms with E-state index in [-0.39, 0.29) is 0 Å². The molecular formula is C14H18N4. The number of rotatable bonds is 2. The van der Waals surface area contributed by atoms with Crippen LogP contribution in [0.2, 0.25) is 0 Å². The molecule has 0 aliphatic carbocycles. The van der Waals surface area contributed by atoms with Gasteiger partial charge in [0.15, 0.2) is 11.6 Å². The highest BCUT2D eigenvalue weighted by Gasteiger charge is 2.23. The van der Waals surface area contributed by atoms with E-state index in [9.17, 15) is 0 Å². The van der Waals surface area contributed by atoms with Crippen molar-refractivity contribution in [3.8, 4) is 11.4 Å². The van der Waals surface area contributed by atoms with Crippen molar-refractivity contribution in [3.05, 3.63) is 35.7 Å². The second kappa shape index (κ2) is 4.53. The molecule has 1 N–H and O–H groups in total. The lowest BCUT2D eigenvalue weighted by Crippen LogP contribution is -2.33. The highest BCUT2D eigenvalue weighted by molar-refractivity contribution is 5.56. The van der Waals surface area contributed by atoms with Crippen LogP contribution in [-0.2, 0) is 6.54 Å². The number of hydrogen-bond donors (Lipinski definition) is 1. The van der Waals surface area contributed by atoms with E-state index in [1.54, 1.807) is 0 Å². The summed E-state index contributed by atoms with van der Waals surface area (Å²) in [5.74, 6) is 2.06. The summed E-state index contributed by atoms with van der Waals surface area (Å²) in [6.45, 7) is 6.21. The summed E-state index contributed by atoms with van der Waals surface area (Å²) in [4.78, 5) is 0. The van der Waals surface area contributed by atoms with Crippen LogP contribution in [0.5, 0.6) is 0 Å². The fraction of sp³-hybridized carbons (Fsp3) is 0.429. The molecule has 0 spiro atoms. The van der Waals surface area contributed by atoms with Crippen LogP contribution in [-0.4, -0.2) is 21.3 Å². The monoisotopic (exact) mass is 242 g/mol. The van der Waals surface area contributed by atoms with E-state index < -0.39 is 0 Å². The average molecular weight is 242 g/mol. The Kier molecular flexibility index (Phi) is 2.88. The van der Waals surface area contributed by atoms with Crippen LogP contribution in [0.1, 0.15) is 30.8 Å². The number of nitrogens with zero attached hydrogens (tertiary/aromatic N) is 3. The van der Waals surface area contributed by atoms with Crippen LogP contribution >= 0.6 is 0 Å². The molecule has 2 heterocycles. The van der Waals surface area contributed by atoms with Gasteiger partial charge in [-0.2, -0.15) is 0 Å².